The molecule has 1 amide bonds. The van der Waals surface area contributed by atoms with Gasteiger partial charge in [-0.15, -0.1) is 0 Å². The van der Waals surface area contributed by atoms with Crippen LogP contribution in [0, 0.1) is 11.3 Å². The number of amides is 1. The van der Waals surface area contributed by atoms with Gasteiger partial charge in [0.1, 0.15) is 0 Å². The third kappa shape index (κ3) is 4.06. The van der Waals surface area contributed by atoms with Crippen LogP contribution in [0.3, 0.4) is 0 Å². The zero-order valence-electron chi connectivity index (χ0n) is 12.4. The number of piperidine rings is 1. The average Bonchev–Trinajstić information content (AvgIpc) is 2.55. The van der Waals surface area contributed by atoms with E-state index in [-0.39, 0.29) is 17.7 Å². The van der Waals surface area contributed by atoms with Crippen molar-refractivity contribution in [3.8, 4) is 6.07 Å². The predicted octanol–water partition coefficient (Wildman–Crippen LogP) is 1.10. The largest absolute Gasteiger partial charge is 0.339 e. The Kier molecular flexibility index (Phi) is 5.16. The summed E-state index contributed by atoms with van der Waals surface area (Å²) in [5.41, 5.74) is 1.07. The third-order valence-corrected chi connectivity index (χ3v) is 5.22. The average molecular weight is 321 g/mol. The van der Waals surface area contributed by atoms with Crippen LogP contribution in [0.4, 0.5) is 0 Å². The lowest BCUT2D eigenvalue weighted by molar-refractivity contribution is 0.0711. The van der Waals surface area contributed by atoms with Crippen molar-refractivity contribution in [1.29, 1.82) is 5.26 Å². The fraction of sp³-hybridized carbons (Fsp3) is 0.467. The number of hydrogen-bond acceptors (Lipinski definition) is 4. The van der Waals surface area contributed by atoms with Crippen LogP contribution >= 0.6 is 0 Å². The van der Waals surface area contributed by atoms with Gasteiger partial charge in [0.05, 0.1) is 17.4 Å². The first-order valence-corrected chi connectivity index (χ1v) is 8.90. The van der Waals surface area contributed by atoms with Gasteiger partial charge < -0.3 is 4.90 Å². The highest BCUT2D eigenvalue weighted by atomic mass is 32.2. The fourth-order valence-corrected chi connectivity index (χ4v) is 3.32. The summed E-state index contributed by atoms with van der Waals surface area (Å²) in [7, 11) is -3.20. The molecular weight excluding hydrogens is 302 g/mol. The Hall–Kier alpha value is -1.91. The standard InChI is InChI=1S/C15H19N3O3S/c1-2-22(20,21)17-14-7-9-18(10-8-14)15(19)13-5-3-12(11-16)4-6-13/h3-6,14,17H,2,7-10H2,1H3. The predicted molar refractivity (Wildman–Crippen MR) is 82.7 cm³/mol. The summed E-state index contributed by atoms with van der Waals surface area (Å²) in [5, 5.41) is 8.76. The maximum atomic E-state index is 12.4. The molecule has 0 radical (unpaired) electrons. The van der Waals surface area contributed by atoms with E-state index in [1.54, 1.807) is 36.1 Å². The Morgan fingerprint density at radius 1 is 1.32 bits per heavy atom. The van der Waals surface area contributed by atoms with Crippen molar-refractivity contribution in [3.05, 3.63) is 35.4 Å². The molecule has 0 aliphatic carbocycles. The van der Waals surface area contributed by atoms with Gasteiger partial charge in [-0.1, -0.05) is 0 Å². The molecule has 0 saturated carbocycles. The molecule has 2 rings (SSSR count). The Balaban J connectivity index is 1.93. The molecule has 0 atom stereocenters. The molecule has 1 heterocycles. The summed E-state index contributed by atoms with van der Waals surface area (Å²) in [4.78, 5) is 14.1. The van der Waals surface area contributed by atoms with Gasteiger partial charge in [-0.2, -0.15) is 5.26 Å². The lowest BCUT2D eigenvalue weighted by Crippen LogP contribution is -2.46. The number of benzene rings is 1. The molecule has 118 valence electrons. The van der Waals surface area contributed by atoms with Crippen molar-refractivity contribution in [2.45, 2.75) is 25.8 Å². The van der Waals surface area contributed by atoms with Crippen LogP contribution in [-0.4, -0.2) is 44.1 Å². The molecular formula is C15H19N3O3S. The van der Waals surface area contributed by atoms with Crippen LogP contribution < -0.4 is 4.72 Å². The van der Waals surface area contributed by atoms with Gasteiger partial charge in [-0.3, -0.25) is 4.79 Å². The van der Waals surface area contributed by atoms with E-state index in [0.717, 1.165) is 0 Å². The first kappa shape index (κ1) is 16.5. The minimum Gasteiger partial charge on any atom is -0.339 e. The number of carbonyl (C=O) groups is 1. The summed E-state index contributed by atoms with van der Waals surface area (Å²) in [5.74, 6) is -0.0153. The molecule has 0 bridgehead atoms. The van der Waals surface area contributed by atoms with Crippen molar-refractivity contribution in [2.75, 3.05) is 18.8 Å². The Morgan fingerprint density at radius 3 is 2.41 bits per heavy atom. The van der Waals surface area contributed by atoms with Crippen molar-refractivity contribution < 1.29 is 13.2 Å². The maximum absolute atomic E-state index is 12.4. The molecule has 0 unspecified atom stereocenters. The molecule has 6 nitrogen and oxygen atoms in total. The van der Waals surface area contributed by atoms with E-state index >= 15 is 0 Å². The number of nitriles is 1. The van der Waals surface area contributed by atoms with Gasteiger partial charge in [0.25, 0.3) is 5.91 Å². The molecule has 0 spiro atoms. The molecule has 1 saturated heterocycles. The second-order valence-electron chi connectivity index (χ2n) is 5.28. The second kappa shape index (κ2) is 6.90. The summed E-state index contributed by atoms with van der Waals surface area (Å²) in [6.45, 7) is 2.65. The first-order chi connectivity index (χ1) is 10.4. The second-order valence-corrected chi connectivity index (χ2v) is 7.32. The number of nitrogens with one attached hydrogen (secondary N) is 1. The van der Waals surface area contributed by atoms with Gasteiger partial charge in [0.15, 0.2) is 0 Å². The van der Waals surface area contributed by atoms with E-state index in [4.69, 9.17) is 5.26 Å². The molecule has 1 fully saturated rings. The number of sulfonamides is 1. The normalized spacial score (nSPS) is 16.3. The van der Waals surface area contributed by atoms with E-state index in [9.17, 15) is 13.2 Å². The van der Waals surface area contributed by atoms with Gasteiger partial charge in [-0.05, 0) is 44.0 Å². The molecule has 1 aromatic rings. The Bertz CT molecular complexity index is 669. The minimum atomic E-state index is -3.20. The van der Waals surface area contributed by atoms with Gasteiger partial charge >= 0.3 is 0 Å². The number of hydrogen-bond donors (Lipinski definition) is 1. The summed E-state index contributed by atoms with van der Waals surface area (Å²) in [6, 6.07) is 8.45. The number of carbonyl (C=O) groups excluding carboxylic acids is 1. The van der Waals surface area contributed by atoms with E-state index < -0.39 is 10.0 Å². The van der Waals surface area contributed by atoms with Gasteiger partial charge in [-0.25, -0.2) is 13.1 Å². The number of nitrogens with zero attached hydrogens (tertiary/aromatic N) is 2. The first-order valence-electron chi connectivity index (χ1n) is 7.24. The van der Waals surface area contributed by atoms with E-state index in [2.05, 4.69) is 4.72 Å². The van der Waals surface area contributed by atoms with Crippen molar-refractivity contribution in [3.63, 3.8) is 0 Å². The smallest absolute Gasteiger partial charge is 0.253 e. The van der Waals surface area contributed by atoms with Crippen LogP contribution in [0.1, 0.15) is 35.7 Å². The van der Waals surface area contributed by atoms with Crippen molar-refractivity contribution in [2.24, 2.45) is 0 Å². The van der Waals surface area contributed by atoms with E-state index in [1.807, 2.05) is 6.07 Å². The SMILES string of the molecule is CCS(=O)(=O)NC1CCN(C(=O)c2ccc(C#N)cc2)CC1. The Labute approximate surface area is 130 Å². The van der Waals surface area contributed by atoms with Crippen LogP contribution in [0.2, 0.25) is 0 Å². The summed E-state index contributed by atoms with van der Waals surface area (Å²) < 4.78 is 25.8. The zero-order chi connectivity index (χ0) is 16.2. The highest BCUT2D eigenvalue weighted by molar-refractivity contribution is 7.89. The van der Waals surface area contributed by atoms with Gasteiger partial charge in [0.2, 0.25) is 10.0 Å². The third-order valence-electron chi connectivity index (χ3n) is 3.77. The zero-order valence-corrected chi connectivity index (χ0v) is 13.3. The highest BCUT2D eigenvalue weighted by Crippen LogP contribution is 2.15. The molecule has 22 heavy (non-hydrogen) atoms. The molecule has 7 heteroatoms. The molecule has 1 aromatic carbocycles. The maximum Gasteiger partial charge on any atom is 0.253 e. The topological polar surface area (TPSA) is 90.3 Å². The van der Waals surface area contributed by atoms with Crippen LogP contribution in [-0.2, 0) is 10.0 Å². The van der Waals surface area contributed by atoms with E-state index in [0.29, 0.717) is 37.1 Å². The molecule has 1 aliphatic heterocycles. The molecule has 0 aromatic heterocycles. The quantitative estimate of drug-likeness (QED) is 0.899. The highest BCUT2D eigenvalue weighted by Gasteiger charge is 2.25. The monoisotopic (exact) mass is 321 g/mol. The summed E-state index contributed by atoms with van der Waals surface area (Å²) >= 11 is 0. The van der Waals surface area contributed by atoms with Crippen molar-refractivity contribution in [1.82, 2.24) is 9.62 Å². The Morgan fingerprint density at radius 2 is 1.91 bits per heavy atom. The number of likely N-dealkylation sites (tertiary alicyclic amines) is 1. The fourth-order valence-electron chi connectivity index (χ4n) is 2.41. The lowest BCUT2D eigenvalue weighted by atomic mass is 10.0. The van der Waals surface area contributed by atoms with E-state index in [1.165, 1.54) is 0 Å². The van der Waals surface area contributed by atoms with Gasteiger partial charge in [0, 0.05) is 24.7 Å². The van der Waals surface area contributed by atoms with Crippen LogP contribution in [0.5, 0.6) is 0 Å². The molecule has 1 aliphatic rings. The lowest BCUT2D eigenvalue weighted by Gasteiger charge is -2.32. The van der Waals surface area contributed by atoms with Crippen LogP contribution in [0.15, 0.2) is 24.3 Å². The summed E-state index contributed by atoms with van der Waals surface area (Å²) in [6.07, 6.45) is 1.22. The molecule has 1 N–H and O–H groups in total. The number of rotatable bonds is 4. The minimum absolute atomic E-state index is 0.0669. The van der Waals surface area contributed by atoms with Crippen molar-refractivity contribution >= 4 is 15.9 Å². The van der Waals surface area contributed by atoms with Crippen LogP contribution in [0.25, 0.3) is 0 Å².